The second-order valence-electron chi connectivity index (χ2n) is 11.5. The second kappa shape index (κ2) is 15.2. The normalized spacial score (nSPS) is 51.5. The van der Waals surface area contributed by atoms with Gasteiger partial charge in [-0.3, -0.25) is 60.8 Å². The number of aliphatic hydroxyl groups is 2. The third kappa shape index (κ3) is 7.67. The van der Waals surface area contributed by atoms with E-state index in [9.17, 15) is 39.3 Å². The van der Waals surface area contributed by atoms with E-state index in [1.165, 1.54) is 9.80 Å². The van der Waals surface area contributed by atoms with E-state index in [2.05, 4.69) is 31.3 Å². The molecular formula is C20H34N10Na2O14P2. The molecule has 28 heteroatoms. The number of hydrogen-bond donors (Lipinski definition) is 10. The first-order valence-corrected chi connectivity index (χ1v) is 17.2. The fraction of sp³-hybridized carbons (Fsp3) is 0.900. The number of nitrogens with zero attached hydrogens (tertiary/aromatic N) is 4. The first-order chi connectivity index (χ1) is 21.7. The zero-order chi connectivity index (χ0) is 32.7. The van der Waals surface area contributed by atoms with Gasteiger partial charge in [0.05, 0.1) is 51.0 Å². The van der Waals surface area contributed by atoms with Crippen molar-refractivity contribution < 1.29 is 126 Å². The molecule has 8 unspecified atom stereocenters. The number of fused-ring (bicyclic) bond motifs is 4. The zero-order valence-corrected chi connectivity index (χ0v) is 31.4. The molecule has 7 rings (SSSR count). The van der Waals surface area contributed by atoms with Gasteiger partial charge in [-0.15, -0.1) is 0 Å². The van der Waals surface area contributed by atoms with E-state index in [-0.39, 0.29) is 72.5 Å². The molecule has 24 nitrogen and oxygen atoms in total. The predicted octanol–water partition coefficient (Wildman–Crippen LogP) is -14.5. The fourth-order valence-electron chi connectivity index (χ4n) is 6.61. The summed E-state index contributed by atoms with van der Waals surface area (Å²) < 4.78 is 59.0. The maximum atomic E-state index is 13.1. The Bertz CT molecular complexity index is 1270. The molecule has 0 aliphatic carbocycles. The summed E-state index contributed by atoms with van der Waals surface area (Å²) in [5, 5.41) is 58.6. The smallest absolute Gasteiger partial charge is 0.861 e. The summed E-state index contributed by atoms with van der Waals surface area (Å²) in [4.78, 5) is 31.7. The van der Waals surface area contributed by atoms with Crippen LogP contribution in [0.25, 0.3) is 0 Å². The second-order valence-corrected chi connectivity index (χ2v) is 14.3. The summed E-state index contributed by atoms with van der Waals surface area (Å²) in [5.74, 6) is -1.07. The van der Waals surface area contributed by atoms with Crippen LogP contribution in [0.3, 0.4) is 0 Å². The van der Waals surface area contributed by atoms with Gasteiger partial charge in [0, 0.05) is 0 Å². The van der Waals surface area contributed by atoms with Gasteiger partial charge in [-0.1, -0.05) is 0 Å². The summed E-state index contributed by atoms with van der Waals surface area (Å²) in [5.41, 5.74) is 11.6. The number of phosphoric ester groups is 2. The molecule has 7 aliphatic heterocycles. The maximum Gasteiger partial charge on any atom is 1.00 e. The van der Waals surface area contributed by atoms with Crippen molar-refractivity contribution in [3.63, 3.8) is 0 Å². The van der Waals surface area contributed by atoms with Gasteiger partial charge in [0.1, 0.15) is 49.1 Å². The summed E-state index contributed by atoms with van der Waals surface area (Å²) in [6, 6.07) is -1.67. The van der Waals surface area contributed by atoms with E-state index in [1.54, 1.807) is 0 Å². The molecule has 0 aromatic heterocycles. The average Bonchev–Trinajstić information content (AvgIpc) is 3.72. The first kappa shape index (κ1) is 39.9. The van der Waals surface area contributed by atoms with Crippen LogP contribution >= 0.6 is 15.6 Å². The van der Waals surface area contributed by atoms with Crippen LogP contribution < -0.4 is 102 Å². The average molecular weight is 746 g/mol. The Labute approximate surface area is 316 Å². The Morgan fingerprint density at radius 3 is 1.50 bits per heavy atom. The molecule has 0 aromatic rings. The van der Waals surface area contributed by atoms with Crippen molar-refractivity contribution in [1.29, 1.82) is 0 Å². The van der Waals surface area contributed by atoms with Crippen molar-refractivity contribution in [3.05, 3.63) is 0 Å². The molecule has 12 N–H and O–H groups in total. The Balaban J connectivity index is 0.00000225. The van der Waals surface area contributed by atoms with Crippen molar-refractivity contribution in [2.75, 3.05) is 26.6 Å². The van der Waals surface area contributed by atoms with Gasteiger partial charge in [-0.2, -0.15) is 0 Å². The minimum Gasteiger partial charge on any atom is -0.861 e. The Morgan fingerprint density at radius 2 is 1.12 bits per heavy atom. The molecular weight excluding hydrogens is 712 g/mol. The zero-order valence-electron chi connectivity index (χ0n) is 25.6. The molecule has 260 valence electrons. The van der Waals surface area contributed by atoms with Crippen molar-refractivity contribution in [3.8, 4) is 0 Å². The summed E-state index contributed by atoms with van der Waals surface area (Å²) in [7, 11) is -10.1. The predicted molar refractivity (Wildman–Crippen MR) is 143 cm³/mol. The largest absolute Gasteiger partial charge is 1.00 e. The standard InChI is InChI=1S/C20H36N10O14P2.2Na/c21-19-25-13-7(15(33)27-19)23-3-29(13)17-9(31)11-5(41-17)1-39-45(35,36)44-12-6(2-40-46(37,38)43-11)42-18(10(12)32)30-4-24-8-14(30)26-20(22)28-16(8)34;;/h5-14,17-20,23-26,31-32H,1-4,21-22H2,(H,27,33)(H,28,34)(H,35,36)(H,37,38);;/q;2*+1/p-2/t5-,6-,7?,8?,9-,10-,11-,12-,13?,14?,17-,18-,19?,20?;;/m1../s1. The topological polar surface area (TPSA) is 348 Å². The molecule has 0 amide bonds. The van der Waals surface area contributed by atoms with E-state index in [0.717, 1.165) is 0 Å². The third-order valence-corrected chi connectivity index (χ3v) is 10.6. The third-order valence-electron chi connectivity index (χ3n) is 8.67. The molecule has 0 bridgehead atoms. The van der Waals surface area contributed by atoms with E-state index in [0.29, 0.717) is 0 Å². The van der Waals surface area contributed by atoms with Crippen LogP contribution in [0.1, 0.15) is 0 Å². The van der Waals surface area contributed by atoms with Gasteiger partial charge in [-0.25, -0.2) is 18.9 Å². The van der Waals surface area contributed by atoms with E-state index >= 15 is 0 Å². The Morgan fingerprint density at radius 1 is 0.750 bits per heavy atom. The van der Waals surface area contributed by atoms with E-state index in [4.69, 9.17) is 39.0 Å². The Kier molecular flexibility index (Phi) is 12.6. The number of rotatable bonds is 2. The van der Waals surface area contributed by atoms with Gasteiger partial charge in [-0.05, 0) is 11.8 Å². The van der Waals surface area contributed by atoms with Crippen molar-refractivity contribution in [2.24, 2.45) is 21.5 Å². The molecule has 0 spiro atoms. The number of nitrogens with one attached hydrogen (secondary N) is 4. The number of aliphatic hydroxyl groups excluding tert-OH is 2. The monoisotopic (exact) mass is 746 g/mol. The Hall–Kier alpha value is 0.680. The molecule has 16 atom stereocenters. The minimum atomic E-state index is -5.03. The van der Waals surface area contributed by atoms with Crippen LogP contribution in [0.5, 0.6) is 0 Å². The van der Waals surface area contributed by atoms with Crippen LogP contribution in [0, 0.1) is 0 Å². The quantitative estimate of drug-likeness (QED) is 0.0926. The van der Waals surface area contributed by atoms with Crippen LogP contribution in [-0.4, -0.2) is 154 Å². The number of ether oxygens (including phenoxy) is 2. The molecule has 0 radical (unpaired) electrons. The molecule has 5 fully saturated rings. The number of hydrogen-bond acceptors (Lipinski definition) is 22. The van der Waals surface area contributed by atoms with Gasteiger partial charge >= 0.3 is 74.8 Å². The van der Waals surface area contributed by atoms with Crippen LogP contribution in [0.4, 0.5) is 0 Å². The molecule has 48 heavy (non-hydrogen) atoms. The number of phosphoric acid groups is 2. The molecule has 5 saturated heterocycles. The molecule has 0 aromatic carbocycles. The molecule has 0 saturated carbocycles. The SMILES string of the molecule is NC1N=C([O-])C2NCN([C@@H]3O[C@@H]4COP(=O)(O)O[C@H]5[C@@H](O)[C@H](N6CNC7C([O-])=NC(N)NC76)O[C@@H]5COP(=O)(O)O[C@H]4[C@H]3O)C2N1.[Na+].[Na+]. The van der Waals surface area contributed by atoms with Crippen molar-refractivity contribution in [2.45, 2.75) is 86.1 Å². The van der Waals surface area contributed by atoms with Crippen LogP contribution in [0.2, 0.25) is 0 Å². The molecule has 7 aliphatic rings. The van der Waals surface area contributed by atoms with Crippen molar-refractivity contribution >= 4 is 27.4 Å². The number of aliphatic imine (C=N–C) groups is 2. The van der Waals surface area contributed by atoms with Gasteiger partial charge < -0.3 is 39.7 Å². The van der Waals surface area contributed by atoms with Gasteiger partial charge in [0.15, 0.2) is 12.6 Å². The van der Waals surface area contributed by atoms with Crippen molar-refractivity contribution in [1.82, 2.24) is 31.1 Å². The van der Waals surface area contributed by atoms with E-state index in [1.807, 2.05) is 0 Å². The summed E-state index contributed by atoms with van der Waals surface area (Å²) in [6.45, 7) is -1.61. The fourth-order valence-corrected chi connectivity index (χ4v) is 8.54. The molecule has 7 heterocycles. The number of nitrogens with two attached hydrogens (primary N) is 2. The van der Waals surface area contributed by atoms with Crippen LogP contribution in [-0.2, 0) is 36.7 Å². The van der Waals surface area contributed by atoms with Gasteiger partial charge in [0.2, 0.25) is 0 Å². The summed E-state index contributed by atoms with van der Waals surface area (Å²) >= 11 is 0. The van der Waals surface area contributed by atoms with Crippen LogP contribution in [0.15, 0.2) is 9.98 Å². The van der Waals surface area contributed by atoms with E-state index < -0.39 is 127 Å². The van der Waals surface area contributed by atoms with Gasteiger partial charge in [0.25, 0.3) is 0 Å². The summed E-state index contributed by atoms with van der Waals surface area (Å²) in [6.07, 6.45) is -15.8. The first-order valence-electron chi connectivity index (χ1n) is 14.2. The maximum absolute atomic E-state index is 13.1. The minimum absolute atomic E-state index is 0.